The second-order valence-corrected chi connectivity index (χ2v) is 4.64. The van der Waals surface area contributed by atoms with Crippen LogP contribution in [-0.2, 0) is 0 Å². The minimum absolute atomic E-state index is 0.255. The first-order valence-corrected chi connectivity index (χ1v) is 6.14. The summed E-state index contributed by atoms with van der Waals surface area (Å²) in [5.74, 6) is -0.0764. The van der Waals surface area contributed by atoms with Gasteiger partial charge in [-0.05, 0) is 17.3 Å². The number of carbonyl (C=O) groups is 1. The van der Waals surface area contributed by atoms with Crippen LogP contribution in [0.4, 0.5) is 5.13 Å². The summed E-state index contributed by atoms with van der Waals surface area (Å²) in [6, 6.07) is 2.91. The first-order chi connectivity index (χ1) is 8.61. The molecule has 0 atom stereocenters. The maximum Gasteiger partial charge on any atom is 0.257 e. The number of methoxy groups -OCH3 is 1. The van der Waals surface area contributed by atoms with E-state index in [1.54, 1.807) is 0 Å². The van der Waals surface area contributed by atoms with E-state index >= 15 is 0 Å². The molecule has 6 nitrogen and oxygen atoms in total. The fourth-order valence-electron chi connectivity index (χ4n) is 1.24. The van der Waals surface area contributed by atoms with E-state index < -0.39 is 5.91 Å². The van der Waals surface area contributed by atoms with Crippen LogP contribution in [0.5, 0.6) is 5.75 Å². The summed E-state index contributed by atoms with van der Waals surface area (Å²) in [6.45, 7) is 0. The number of nitrogens with one attached hydrogen (secondary N) is 1. The van der Waals surface area contributed by atoms with Crippen LogP contribution < -0.4 is 10.1 Å². The molecule has 2 aromatic rings. The molecule has 2 rings (SSSR count). The molecule has 0 spiro atoms. The average molecular weight is 305 g/mol. The van der Waals surface area contributed by atoms with Gasteiger partial charge in [-0.3, -0.25) is 10.1 Å². The van der Waals surface area contributed by atoms with Gasteiger partial charge < -0.3 is 4.74 Å². The Kier molecular flexibility index (Phi) is 3.95. The van der Waals surface area contributed by atoms with Crippen LogP contribution in [0.3, 0.4) is 0 Å². The van der Waals surface area contributed by atoms with Gasteiger partial charge >= 0.3 is 0 Å². The molecule has 0 saturated carbocycles. The number of ether oxygens (including phenoxy) is 1. The Hall–Kier alpha value is -1.44. The lowest BCUT2D eigenvalue weighted by molar-refractivity contribution is 0.102. The van der Waals surface area contributed by atoms with Crippen molar-refractivity contribution in [1.82, 2.24) is 14.8 Å². The fraction of sp³-hybridized carbons (Fsp3) is 0.111. The first kappa shape index (κ1) is 13.0. The van der Waals surface area contributed by atoms with Crippen LogP contribution in [0.1, 0.15) is 10.4 Å². The summed E-state index contributed by atoms with van der Waals surface area (Å²) < 4.78 is 8.52. The number of anilines is 1. The van der Waals surface area contributed by atoms with Crippen molar-refractivity contribution in [2.45, 2.75) is 0 Å². The number of rotatable bonds is 3. The Morgan fingerprint density at radius 2 is 2.06 bits per heavy atom. The van der Waals surface area contributed by atoms with E-state index in [4.69, 9.17) is 27.9 Å². The molecule has 0 unspecified atom stereocenters. The molecule has 18 heavy (non-hydrogen) atoms. The lowest BCUT2D eigenvalue weighted by Gasteiger charge is -2.08. The second-order valence-electron chi connectivity index (χ2n) is 3.09. The summed E-state index contributed by atoms with van der Waals surface area (Å²) in [5.41, 5.74) is 0.293. The Bertz CT molecular complexity index is 553. The van der Waals surface area contributed by atoms with Gasteiger partial charge in [-0.2, -0.15) is 0 Å². The van der Waals surface area contributed by atoms with Crippen molar-refractivity contribution in [3.8, 4) is 5.75 Å². The fourth-order valence-corrected chi connectivity index (χ4v) is 2.24. The summed E-state index contributed by atoms with van der Waals surface area (Å²) in [6.07, 6.45) is 0. The monoisotopic (exact) mass is 304 g/mol. The number of halogens is 2. The Morgan fingerprint density at radius 3 is 2.56 bits per heavy atom. The SMILES string of the molecule is COc1c(Cl)cc(C(=O)Nc2nnns2)cc1Cl. The van der Waals surface area contributed by atoms with Crippen LogP contribution in [0.15, 0.2) is 12.1 Å². The average Bonchev–Trinajstić information content (AvgIpc) is 2.81. The summed E-state index contributed by atoms with van der Waals surface area (Å²) >= 11 is 12.8. The predicted octanol–water partition coefficient (Wildman–Crippen LogP) is 2.50. The molecule has 1 aromatic heterocycles. The summed E-state index contributed by atoms with van der Waals surface area (Å²) in [4.78, 5) is 11.9. The molecule has 94 valence electrons. The highest BCUT2D eigenvalue weighted by Gasteiger charge is 2.14. The number of carbonyl (C=O) groups excluding carboxylic acids is 1. The van der Waals surface area contributed by atoms with Crippen LogP contribution in [0, 0.1) is 0 Å². The molecule has 1 amide bonds. The topological polar surface area (TPSA) is 77.0 Å². The number of nitrogens with zero attached hydrogens (tertiary/aromatic N) is 3. The van der Waals surface area contributed by atoms with Crippen molar-refractivity contribution in [1.29, 1.82) is 0 Å². The lowest BCUT2D eigenvalue weighted by atomic mass is 10.2. The van der Waals surface area contributed by atoms with Crippen molar-refractivity contribution in [2.75, 3.05) is 12.4 Å². The van der Waals surface area contributed by atoms with Crippen LogP contribution in [0.25, 0.3) is 0 Å². The molecule has 0 aliphatic rings. The molecule has 0 aliphatic heterocycles. The Morgan fingerprint density at radius 1 is 1.39 bits per heavy atom. The molecule has 0 saturated heterocycles. The highest BCUT2D eigenvalue weighted by Crippen LogP contribution is 2.33. The zero-order valence-electron chi connectivity index (χ0n) is 8.98. The van der Waals surface area contributed by atoms with Crippen LogP contribution in [0.2, 0.25) is 10.0 Å². The molecule has 1 N–H and O–H groups in total. The molecular formula is C9H6Cl2N4O2S. The minimum atomic E-state index is -0.403. The van der Waals surface area contributed by atoms with E-state index in [1.165, 1.54) is 19.2 Å². The number of hydrogen-bond donors (Lipinski definition) is 1. The van der Waals surface area contributed by atoms with E-state index in [0.717, 1.165) is 11.5 Å². The highest BCUT2D eigenvalue weighted by atomic mass is 35.5. The molecule has 0 bridgehead atoms. The smallest absolute Gasteiger partial charge is 0.257 e. The third-order valence-corrected chi connectivity index (χ3v) is 3.06. The van der Waals surface area contributed by atoms with Gasteiger partial charge in [-0.1, -0.05) is 32.8 Å². The predicted molar refractivity (Wildman–Crippen MR) is 68.7 cm³/mol. The maximum absolute atomic E-state index is 11.9. The third kappa shape index (κ3) is 2.69. The quantitative estimate of drug-likeness (QED) is 0.942. The highest BCUT2D eigenvalue weighted by molar-refractivity contribution is 7.09. The van der Waals surface area contributed by atoms with Gasteiger partial charge in [-0.15, -0.1) is 0 Å². The Labute approximate surface area is 116 Å². The standard InChI is InChI=1S/C9H6Cl2N4O2S/c1-17-7-5(10)2-4(3-6(7)11)8(16)12-9-13-14-15-18-9/h2-3H,1H3,(H,12,13,15,16). The molecule has 9 heteroatoms. The van der Waals surface area contributed by atoms with Gasteiger partial charge in [0.25, 0.3) is 5.91 Å². The molecule has 0 fully saturated rings. The van der Waals surface area contributed by atoms with E-state index in [0.29, 0.717) is 16.4 Å². The van der Waals surface area contributed by atoms with Crippen molar-refractivity contribution < 1.29 is 9.53 Å². The number of hydrogen-bond acceptors (Lipinski definition) is 6. The van der Waals surface area contributed by atoms with Crippen LogP contribution in [-0.4, -0.2) is 27.8 Å². The summed E-state index contributed by atoms with van der Waals surface area (Å²) in [7, 11) is 1.44. The molecule has 1 aromatic carbocycles. The van der Waals surface area contributed by atoms with Crippen molar-refractivity contribution in [2.24, 2.45) is 0 Å². The van der Waals surface area contributed by atoms with E-state index in [-0.39, 0.29) is 10.0 Å². The Balaban J connectivity index is 2.26. The van der Waals surface area contributed by atoms with Gasteiger partial charge in [-0.25, -0.2) is 0 Å². The lowest BCUT2D eigenvalue weighted by Crippen LogP contribution is -2.12. The van der Waals surface area contributed by atoms with E-state index in [9.17, 15) is 4.79 Å². The zero-order valence-corrected chi connectivity index (χ0v) is 11.3. The van der Waals surface area contributed by atoms with Gasteiger partial charge in [0.1, 0.15) is 0 Å². The zero-order chi connectivity index (χ0) is 13.1. The van der Waals surface area contributed by atoms with Gasteiger partial charge in [0, 0.05) is 17.1 Å². The summed E-state index contributed by atoms with van der Waals surface area (Å²) in [5, 5.41) is 10.3. The van der Waals surface area contributed by atoms with E-state index in [2.05, 4.69) is 20.1 Å². The molecule has 0 aliphatic carbocycles. The maximum atomic E-state index is 11.9. The first-order valence-electron chi connectivity index (χ1n) is 4.61. The number of aromatic nitrogens is 3. The number of benzene rings is 1. The van der Waals surface area contributed by atoms with Gasteiger partial charge in [0.05, 0.1) is 17.2 Å². The van der Waals surface area contributed by atoms with Crippen molar-refractivity contribution in [3.63, 3.8) is 0 Å². The van der Waals surface area contributed by atoms with Gasteiger partial charge in [0.15, 0.2) is 5.75 Å². The largest absolute Gasteiger partial charge is 0.494 e. The number of amides is 1. The molecule has 0 radical (unpaired) electrons. The van der Waals surface area contributed by atoms with Gasteiger partial charge in [0.2, 0.25) is 5.13 Å². The van der Waals surface area contributed by atoms with Crippen LogP contribution >= 0.6 is 34.7 Å². The third-order valence-electron chi connectivity index (χ3n) is 1.98. The molecular weight excluding hydrogens is 299 g/mol. The van der Waals surface area contributed by atoms with Crippen molar-refractivity contribution >= 4 is 45.8 Å². The van der Waals surface area contributed by atoms with E-state index in [1.807, 2.05) is 0 Å². The molecule has 1 heterocycles. The normalized spacial score (nSPS) is 10.2. The second kappa shape index (κ2) is 5.47. The minimum Gasteiger partial charge on any atom is -0.494 e. The van der Waals surface area contributed by atoms with Crippen molar-refractivity contribution in [3.05, 3.63) is 27.7 Å².